The normalized spacial score (nSPS) is 27.2. The van der Waals surface area contributed by atoms with Gasteiger partial charge in [-0.25, -0.2) is 0 Å². The highest BCUT2D eigenvalue weighted by atomic mass is 16.3. The maximum Gasteiger partial charge on any atom is 0.219 e. The van der Waals surface area contributed by atoms with E-state index in [4.69, 9.17) is 4.42 Å². The molecule has 0 N–H and O–H groups in total. The second-order valence-electron chi connectivity index (χ2n) is 7.12. The van der Waals surface area contributed by atoms with Crippen molar-refractivity contribution < 1.29 is 9.21 Å². The van der Waals surface area contributed by atoms with E-state index in [2.05, 4.69) is 40.1 Å². The van der Waals surface area contributed by atoms with Gasteiger partial charge in [0, 0.05) is 37.5 Å². The lowest BCUT2D eigenvalue weighted by atomic mass is 9.69. The van der Waals surface area contributed by atoms with E-state index < -0.39 is 0 Å². The summed E-state index contributed by atoms with van der Waals surface area (Å²) >= 11 is 0. The number of hydrogen-bond acceptors (Lipinski definition) is 3. The first-order valence-corrected chi connectivity index (χ1v) is 8.75. The molecule has 3 heterocycles. The van der Waals surface area contributed by atoms with Gasteiger partial charge in [0.25, 0.3) is 0 Å². The van der Waals surface area contributed by atoms with Crippen molar-refractivity contribution in [3.05, 3.63) is 60.1 Å². The fourth-order valence-electron chi connectivity index (χ4n) is 4.61. The Morgan fingerprint density at radius 1 is 1.21 bits per heavy atom. The van der Waals surface area contributed by atoms with Crippen LogP contribution in [0.1, 0.15) is 30.9 Å². The van der Waals surface area contributed by atoms with Crippen LogP contribution in [0.2, 0.25) is 0 Å². The maximum absolute atomic E-state index is 12.2. The van der Waals surface area contributed by atoms with Gasteiger partial charge in [0.1, 0.15) is 0 Å². The average Bonchev–Trinajstić information content (AvgIpc) is 3.23. The van der Waals surface area contributed by atoms with Gasteiger partial charge in [0.2, 0.25) is 5.91 Å². The van der Waals surface area contributed by atoms with Crippen molar-refractivity contribution in [3.8, 4) is 0 Å². The Morgan fingerprint density at radius 2 is 2.00 bits per heavy atom. The van der Waals surface area contributed by atoms with Crippen molar-refractivity contribution in [2.24, 2.45) is 0 Å². The van der Waals surface area contributed by atoms with E-state index in [9.17, 15) is 4.79 Å². The molecule has 0 aliphatic carbocycles. The molecule has 1 aromatic carbocycles. The number of furan rings is 1. The fourth-order valence-corrected chi connectivity index (χ4v) is 4.61. The minimum atomic E-state index is 0.111. The molecule has 1 aromatic heterocycles. The number of carbonyl (C=O) groups excluding carboxylic acids is 1. The lowest BCUT2D eigenvalue weighted by Crippen LogP contribution is -2.56. The van der Waals surface area contributed by atoms with Crippen LogP contribution in [0.25, 0.3) is 0 Å². The minimum Gasteiger partial charge on any atom is -0.472 e. The number of fused-ring (bicyclic) bond motifs is 1. The number of likely N-dealkylation sites (tertiary alicyclic amines) is 2. The van der Waals surface area contributed by atoms with Crippen molar-refractivity contribution in [1.29, 1.82) is 0 Å². The average molecular weight is 324 g/mol. The van der Waals surface area contributed by atoms with E-state index in [-0.39, 0.29) is 17.4 Å². The molecule has 2 aliphatic rings. The van der Waals surface area contributed by atoms with Crippen LogP contribution in [0.4, 0.5) is 0 Å². The molecule has 126 valence electrons. The Labute approximate surface area is 143 Å². The summed E-state index contributed by atoms with van der Waals surface area (Å²) < 4.78 is 5.20. The SMILES string of the molecule is CC(=O)N1CC[C@@]2(c3ccccc3)CCN(Cc3ccoc3)C[C@@H]12. The first-order chi connectivity index (χ1) is 11.7. The molecule has 0 radical (unpaired) electrons. The fraction of sp³-hybridized carbons (Fsp3) is 0.450. The van der Waals surface area contributed by atoms with Crippen LogP contribution in [0.3, 0.4) is 0 Å². The van der Waals surface area contributed by atoms with Gasteiger partial charge in [-0.05, 0) is 31.0 Å². The Bertz CT molecular complexity index is 698. The predicted molar refractivity (Wildman–Crippen MR) is 92.5 cm³/mol. The molecule has 0 spiro atoms. The molecular formula is C20H24N2O2. The largest absolute Gasteiger partial charge is 0.472 e. The number of rotatable bonds is 3. The molecule has 2 atom stereocenters. The van der Waals surface area contributed by atoms with Crippen molar-refractivity contribution in [2.45, 2.75) is 37.8 Å². The second-order valence-corrected chi connectivity index (χ2v) is 7.12. The van der Waals surface area contributed by atoms with E-state index in [1.165, 1.54) is 11.1 Å². The molecule has 1 amide bonds. The first kappa shape index (κ1) is 15.5. The maximum atomic E-state index is 12.2. The van der Waals surface area contributed by atoms with Crippen molar-refractivity contribution in [2.75, 3.05) is 19.6 Å². The standard InChI is InChI=1S/C20H24N2O2/c1-16(23)22-11-9-20(18-5-3-2-4-6-18)8-10-21(14-19(20)22)13-17-7-12-24-15-17/h2-7,12,15,19H,8-11,13-14H2,1H3/t19-,20-/m1/s1. The monoisotopic (exact) mass is 324 g/mol. The summed E-state index contributed by atoms with van der Waals surface area (Å²) in [7, 11) is 0. The summed E-state index contributed by atoms with van der Waals surface area (Å²) in [5.74, 6) is 0.197. The zero-order chi connectivity index (χ0) is 16.6. The molecule has 2 saturated heterocycles. The third-order valence-corrected chi connectivity index (χ3v) is 5.86. The van der Waals surface area contributed by atoms with E-state index in [0.29, 0.717) is 0 Å². The highest BCUT2D eigenvalue weighted by molar-refractivity contribution is 5.74. The summed E-state index contributed by atoms with van der Waals surface area (Å²) in [6.07, 6.45) is 5.71. The summed E-state index contributed by atoms with van der Waals surface area (Å²) in [4.78, 5) is 16.7. The van der Waals surface area contributed by atoms with Crippen molar-refractivity contribution in [1.82, 2.24) is 9.80 Å². The Balaban J connectivity index is 1.62. The van der Waals surface area contributed by atoms with Crippen molar-refractivity contribution in [3.63, 3.8) is 0 Å². The molecule has 4 nitrogen and oxygen atoms in total. The third-order valence-electron chi connectivity index (χ3n) is 5.86. The number of amides is 1. The molecule has 0 unspecified atom stereocenters. The Morgan fingerprint density at radius 3 is 2.71 bits per heavy atom. The first-order valence-electron chi connectivity index (χ1n) is 8.75. The minimum absolute atomic E-state index is 0.111. The summed E-state index contributed by atoms with van der Waals surface area (Å²) in [5.41, 5.74) is 2.70. The van der Waals surface area contributed by atoms with Crippen LogP contribution in [-0.4, -0.2) is 41.4 Å². The number of benzene rings is 1. The molecule has 0 saturated carbocycles. The molecule has 2 aliphatic heterocycles. The predicted octanol–water partition coefficient (Wildman–Crippen LogP) is 3.04. The Kier molecular flexibility index (Phi) is 3.93. The zero-order valence-electron chi connectivity index (χ0n) is 14.1. The third kappa shape index (κ3) is 2.55. The van der Waals surface area contributed by atoms with Gasteiger partial charge in [-0.1, -0.05) is 30.3 Å². The zero-order valence-corrected chi connectivity index (χ0v) is 14.1. The highest BCUT2D eigenvalue weighted by Crippen LogP contribution is 2.46. The van der Waals surface area contributed by atoms with Crippen molar-refractivity contribution >= 4 is 5.91 Å². The van der Waals surface area contributed by atoms with E-state index in [0.717, 1.165) is 39.0 Å². The summed E-state index contributed by atoms with van der Waals surface area (Å²) in [5, 5.41) is 0. The second kappa shape index (κ2) is 6.10. The number of piperidine rings is 1. The van der Waals surface area contributed by atoms with Crippen LogP contribution in [0.15, 0.2) is 53.3 Å². The lowest BCUT2D eigenvalue weighted by Gasteiger charge is -2.46. The smallest absolute Gasteiger partial charge is 0.219 e. The van der Waals surface area contributed by atoms with Gasteiger partial charge in [-0.2, -0.15) is 0 Å². The molecule has 0 bridgehead atoms. The van der Waals surface area contributed by atoms with Gasteiger partial charge in [-0.3, -0.25) is 9.69 Å². The quantitative estimate of drug-likeness (QED) is 0.871. The summed E-state index contributed by atoms with van der Waals surface area (Å²) in [6, 6.07) is 13.1. The topological polar surface area (TPSA) is 36.7 Å². The lowest BCUT2D eigenvalue weighted by molar-refractivity contribution is -0.131. The van der Waals surface area contributed by atoms with Gasteiger partial charge in [0.15, 0.2) is 0 Å². The molecule has 2 fully saturated rings. The van der Waals surface area contributed by atoms with Gasteiger partial charge < -0.3 is 9.32 Å². The van der Waals surface area contributed by atoms with E-state index in [1.54, 1.807) is 13.2 Å². The molecule has 24 heavy (non-hydrogen) atoms. The van der Waals surface area contributed by atoms with Crippen LogP contribution in [0.5, 0.6) is 0 Å². The van der Waals surface area contributed by atoms with Gasteiger partial charge in [-0.15, -0.1) is 0 Å². The summed E-state index contributed by atoms with van der Waals surface area (Å²) in [6.45, 7) is 5.45. The Hall–Kier alpha value is -2.07. The van der Waals surface area contributed by atoms with E-state index in [1.807, 2.05) is 12.3 Å². The van der Waals surface area contributed by atoms with Gasteiger partial charge in [0.05, 0.1) is 18.6 Å². The van der Waals surface area contributed by atoms with Crippen LogP contribution in [-0.2, 0) is 16.8 Å². The van der Waals surface area contributed by atoms with Gasteiger partial charge >= 0.3 is 0 Å². The van der Waals surface area contributed by atoms with Crippen LogP contribution >= 0.6 is 0 Å². The number of nitrogens with zero attached hydrogens (tertiary/aromatic N) is 2. The number of carbonyl (C=O) groups is 1. The molecule has 4 heteroatoms. The van der Waals surface area contributed by atoms with E-state index >= 15 is 0 Å². The van der Waals surface area contributed by atoms with Crippen LogP contribution in [0, 0.1) is 0 Å². The number of hydrogen-bond donors (Lipinski definition) is 0. The van der Waals surface area contributed by atoms with Crippen LogP contribution < -0.4 is 0 Å². The highest BCUT2D eigenvalue weighted by Gasteiger charge is 2.51. The molecule has 2 aromatic rings. The molecular weight excluding hydrogens is 300 g/mol. The molecule has 4 rings (SSSR count).